The number of nitrogens with one attached hydrogen (secondary N) is 1. The molecule has 0 aliphatic carbocycles. The van der Waals surface area contributed by atoms with Crippen LogP contribution in [0.15, 0.2) is 85.2 Å². The van der Waals surface area contributed by atoms with Gasteiger partial charge in [-0.15, -0.1) is 11.3 Å². The fourth-order valence-electron chi connectivity index (χ4n) is 5.91. The number of benzene rings is 3. The number of carbonyl (C=O) groups excluding carboxylic acids is 2. The van der Waals surface area contributed by atoms with Crippen LogP contribution in [-0.2, 0) is 27.3 Å². The van der Waals surface area contributed by atoms with Crippen LogP contribution in [0.1, 0.15) is 53.4 Å². The fourth-order valence-corrected chi connectivity index (χ4v) is 6.88. The van der Waals surface area contributed by atoms with Gasteiger partial charge in [0, 0.05) is 71.5 Å². The van der Waals surface area contributed by atoms with E-state index < -0.39 is 41.0 Å². The lowest BCUT2D eigenvalue weighted by atomic mass is 9.95. The second-order valence-electron chi connectivity index (χ2n) is 14.2. The number of nitrogens with zero attached hydrogens (tertiary/aromatic N) is 3. The Hall–Kier alpha value is -5.43. The standard InChI is InChI=1S/C40H36F4N4O4S/c1-39(2,3)34-14-13-33(53-34)36(49)47-32(37(50)48-20-26(21-48)38(51)52)15-22-5-7-23(8-6-22)35-45-18-25(19-46-35)29-11-9-24(16-30(29)41)28-12-10-27(17-31(28)42)40(4,43)44/h5-14,16-19,26,32H,15,20-21H2,1-4H3,(H,47,49)(H,51,52)/t32-/m0/s1. The minimum atomic E-state index is -3.21. The number of amides is 2. The number of hydrogen-bond donors (Lipinski definition) is 2. The molecule has 274 valence electrons. The van der Waals surface area contributed by atoms with Gasteiger partial charge in [-0.05, 0) is 40.8 Å². The van der Waals surface area contributed by atoms with E-state index in [1.54, 1.807) is 30.3 Å². The number of rotatable bonds is 10. The van der Waals surface area contributed by atoms with Crippen LogP contribution in [0.5, 0.6) is 0 Å². The summed E-state index contributed by atoms with van der Waals surface area (Å²) in [5.41, 5.74) is 1.45. The van der Waals surface area contributed by atoms with Crippen LogP contribution in [0.2, 0.25) is 0 Å². The second-order valence-corrected chi connectivity index (χ2v) is 15.3. The minimum Gasteiger partial charge on any atom is -0.481 e. The molecule has 2 aromatic heterocycles. The number of carboxylic acids is 1. The van der Waals surface area contributed by atoms with Crippen molar-refractivity contribution in [1.82, 2.24) is 20.2 Å². The van der Waals surface area contributed by atoms with Crippen molar-refractivity contribution in [2.45, 2.75) is 51.5 Å². The molecule has 1 saturated heterocycles. The summed E-state index contributed by atoms with van der Waals surface area (Å²) >= 11 is 1.36. The fraction of sp³-hybridized carbons (Fsp3) is 0.275. The van der Waals surface area contributed by atoms with Crippen LogP contribution in [0.25, 0.3) is 33.6 Å². The third kappa shape index (κ3) is 8.30. The second kappa shape index (κ2) is 14.5. The first-order valence-corrected chi connectivity index (χ1v) is 17.6. The molecule has 2 N–H and O–H groups in total. The smallest absolute Gasteiger partial charge is 0.310 e. The van der Waals surface area contributed by atoms with Gasteiger partial charge >= 0.3 is 5.97 Å². The lowest BCUT2D eigenvalue weighted by Gasteiger charge is -2.38. The molecule has 0 unspecified atom stereocenters. The van der Waals surface area contributed by atoms with Crippen molar-refractivity contribution in [3.63, 3.8) is 0 Å². The predicted molar refractivity (Wildman–Crippen MR) is 194 cm³/mol. The molecule has 8 nitrogen and oxygen atoms in total. The minimum absolute atomic E-state index is 0.0128. The molecule has 5 aromatic rings. The molecule has 1 atom stereocenters. The topological polar surface area (TPSA) is 112 Å². The first kappa shape index (κ1) is 37.3. The summed E-state index contributed by atoms with van der Waals surface area (Å²) < 4.78 is 57.1. The van der Waals surface area contributed by atoms with Crippen molar-refractivity contribution in [3.05, 3.63) is 118 Å². The lowest BCUT2D eigenvalue weighted by Crippen LogP contribution is -2.59. The van der Waals surface area contributed by atoms with Crippen molar-refractivity contribution in [3.8, 4) is 33.6 Å². The number of likely N-dealkylation sites (tertiary alicyclic amines) is 1. The van der Waals surface area contributed by atoms with Crippen molar-refractivity contribution in [2.75, 3.05) is 13.1 Å². The van der Waals surface area contributed by atoms with Crippen molar-refractivity contribution >= 4 is 29.1 Å². The lowest BCUT2D eigenvalue weighted by molar-refractivity contribution is -0.153. The van der Waals surface area contributed by atoms with E-state index in [2.05, 4.69) is 15.3 Å². The Morgan fingerprint density at radius 1 is 0.849 bits per heavy atom. The van der Waals surface area contributed by atoms with E-state index in [-0.39, 0.29) is 53.4 Å². The highest BCUT2D eigenvalue weighted by atomic mass is 32.1. The highest BCUT2D eigenvalue weighted by Crippen LogP contribution is 2.34. The largest absolute Gasteiger partial charge is 0.481 e. The van der Waals surface area contributed by atoms with E-state index >= 15 is 4.39 Å². The molecule has 6 rings (SSSR count). The number of hydrogen-bond acceptors (Lipinski definition) is 6. The average molecular weight is 745 g/mol. The van der Waals surface area contributed by atoms with Gasteiger partial charge in [0.05, 0.1) is 10.8 Å². The number of thiophene rings is 1. The maximum Gasteiger partial charge on any atom is 0.310 e. The summed E-state index contributed by atoms with van der Waals surface area (Å²) in [5, 5.41) is 12.2. The Kier molecular flexibility index (Phi) is 10.2. The maximum atomic E-state index is 15.2. The van der Waals surface area contributed by atoms with Crippen LogP contribution in [-0.4, -0.2) is 56.9 Å². The summed E-state index contributed by atoms with van der Waals surface area (Å²) in [7, 11) is 0. The van der Waals surface area contributed by atoms with Gasteiger partial charge in [0.1, 0.15) is 17.7 Å². The Balaban J connectivity index is 1.16. The van der Waals surface area contributed by atoms with E-state index in [1.165, 1.54) is 46.8 Å². The molecule has 0 spiro atoms. The summed E-state index contributed by atoms with van der Waals surface area (Å²) in [4.78, 5) is 49.8. The Bertz CT molecular complexity index is 2170. The van der Waals surface area contributed by atoms with Crippen molar-refractivity contribution < 1.29 is 37.1 Å². The monoisotopic (exact) mass is 744 g/mol. The van der Waals surface area contributed by atoms with Crippen LogP contribution >= 0.6 is 11.3 Å². The summed E-state index contributed by atoms with van der Waals surface area (Å²) in [5.74, 6) is -6.79. The zero-order valence-corrected chi connectivity index (χ0v) is 30.1. The van der Waals surface area contributed by atoms with E-state index in [1.807, 2.05) is 26.8 Å². The van der Waals surface area contributed by atoms with E-state index in [0.29, 0.717) is 28.8 Å². The van der Waals surface area contributed by atoms with Gasteiger partial charge in [0.2, 0.25) is 5.91 Å². The molecule has 3 aromatic carbocycles. The van der Waals surface area contributed by atoms with Crippen LogP contribution in [0.4, 0.5) is 17.6 Å². The Morgan fingerprint density at radius 2 is 1.45 bits per heavy atom. The average Bonchev–Trinajstić information content (AvgIpc) is 3.59. The molecule has 53 heavy (non-hydrogen) atoms. The molecule has 1 aliphatic rings. The number of aliphatic carboxylic acids is 1. The SMILES string of the molecule is CC(C)(C)c1ccc(C(=O)N[C@@H](Cc2ccc(-c3ncc(-c4ccc(-c5ccc(C(C)(F)F)cc5F)cc4F)cn3)cc2)C(=O)N2CC(C(=O)O)C2)s1. The first-order chi connectivity index (χ1) is 25.0. The summed E-state index contributed by atoms with van der Waals surface area (Å²) in [6, 6.07) is 16.9. The Morgan fingerprint density at radius 3 is 2.02 bits per heavy atom. The molecule has 2 amide bonds. The van der Waals surface area contributed by atoms with E-state index in [9.17, 15) is 32.7 Å². The maximum absolute atomic E-state index is 15.2. The van der Waals surface area contributed by atoms with Crippen molar-refractivity contribution in [2.24, 2.45) is 5.92 Å². The number of halogens is 4. The normalized spacial score (nSPS) is 14.1. The Labute approximate surface area is 307 Å². The third-order valence-corrected chi connectivity index (χ3v) is 10.6. The van der Waals surface area contributed by atoms with Gasteiger partial charge in [0.15, 0.2) is 5.82 Å². The summed E-state index contributed by atoms with van der Waals surface area (Å²) in [6.45, 7) is 6.96. The molecular formula is C40H36F4N4O4S. The number of carbonyl (C=O) groups is 3. The first-order valence-electron chi connectivity index (χ1n) is 16.8. The molecular weight excluding hydrogens is 709 g/mol. The van der Waals surface area contributed by atoms with Gasteiger partial charge in [-0.25, -0.2) is 27.5 Å². The highest BCUT2D eigenvalue weighted by molar-refractivity contribution is 7.14. The highest BCUT2D eigenvalue weighted by Gasteiger charge is 2.39. The van der Waals surface area contributed by atoms with Gasteiger partial charge < -0.3 is 15.3 Å². The van der Waals surface area contributed by atoms with Crippen molar-refractivity contribution in [1.29, 1.82) is 0 Å². The molecule has 3 heterocycles. The predicted octanol–water partition coefficient (Wildman–Crippen LogP) is 8.11. The quantitative estimate of drug-likeness (QED) is 0.140. The molecule has 0 radical (unpaired) electrons. The molecule has 1 aliphatic heterocycles. The zero-order chi connectivity index (χ0) is 38.2. The third-order valence-electron chi connectivity index (χ3n) is 9.09. The number of carboxylic acid groups (broad SMARTS) is 1. The number of alkyl halides is 2. The molecule has 13 heteroatoms. The van der Waals surface area contributed by atoms with Gasteiger partial charge in [-0.2, -0.15) is 0 Å². The van der Waals surface area contributed by atoms with Gasteiger partial charge in [-0.1, -0.05) is 69.3 Å². The van der Waals surface area contributed by atoms with Crippen LogP contribution in [0.3, 0.4) is 0 Å². The number of aromatic nitrogens is 2. The molecule has 1 fully saturated rings. The van der Waals surface area contributed by atoms with Gasteiger partial charge in [0.25, 0.3) is 11.8 Å². The van der Waals surface area contributed by atoms with Crippen LogP contribution < -0.4 is 5.32 Å². The van der Waals surface area contributed by atoms with Gasteiger partial charge in [-0.3, -0.25) is 14.4 Å². The molecule has 0 bridgehead atoms. The van der Waals surface area contributed by atoms with Crippen LogP contribution in [0, 0.1) is 17.6 Å². The summed E-state index contributed by atoms with van der Waals surface area (Å²) in [6.07, 6.45) is 3.06. The molecule has 0 saturated carbocycles. The van der Waals surface area contributed by atoms with E-state index in [4.69, 9.17) is 0 Å². The van der Waals surface area contributed by atoms with E-state index in [0.717, 1.165) is 28.6 Å². The zero-order valence-electron chi connectivity index (χ0n) is 29.3.